The zero-order valence-electron chi connectivity index (χ0n) is 25.4. The van der Waals surface area contributed by atoms with Gasteiger partial charge in [-0.1, -0.05) is 52.7 Å². The molecule has 0 radical (unpaired) electrons. The summed E-state index contributed by atoms with van der Waals surface area (Å²) in [5, 5.41) is 0. The number of carbonyl (C=O) groups excluding carboxylic acids is 2. The molecule has 5 nitrogen and oxygen atoms in total. The largest absolute Gasteiger partial charge is 0.457 e. The third-order valence-electron chi connectivity index (χ3n) is 8.39. The van der Waals surface area contributed by atoms with Crippen molar-refractivity contribution in [2.24, 2.45) is 11.8 Å². The lowest BCUT2D eigenvalue weighted by molar-refractivity contribution is -0.135. The fourth-order valence-electron chi connectivity index (χ4n) is 5.74. The van der Waals surface area contributed by atoms with E-state index in [0.717, 1.165) is 43.2 Å². The Balaban J connectivity index is 1.86. The van der Waals surface area contributed by atoms with Crippen LogP contribution in [0.25, 0.3) is 0 Å². The van der Waals surface area contributed by atoms with Crippen LogP contribution in [-0.2, 0) is 32.7 Å². The van der Waals surface area contributed by atoms with E-state index in [-0.39, 0.29) is 48.0 Å². The molecule has 0 N–H and O–H groups in total. The fraction of sp³-hybridized carbons (Fsp3) is 0.529. The van der Waals surface area contributed by atoms with Crippen molar-refractivity contribution >= 4 is 22.5 Å². The lowest BCUT2D eigenvalue weighted by Gasteiger charge is -2.42. The first-order chi connectivity index (χ1) is 20.0. The molecular weight excluding hydrogens is 556 g/mol. The highest BCUT2D eigenvalue weighted by Crippen LogP contribution is 2.42. The molecule has 2 aromatic rings. The maximum Gasteiger partial charge on any atom is 0.273 e. The summed E-state index contributed by atoms with van der Waals surface area (Å²) in [4.78, 5) is 27.3. The summed E-state index contributed by atoms with van der Waals surface area (Å²) in [5.41, 5.74) is 2.16. The van der Waals surface area contributed by atoms with E-state index in [0.29, 0.717) is 30.2 Å². The number of hydrogen-bond acceptors (Lipinski definition) is 4. The molecule has 0 spiro atoms. The van der Waals surface area contributed by atoms with E-state index in [1.165, 1.54) is 25.1 Å². The third kappa shape index (κ3) is 8.82. The van der Waals surface area contributed by atoms with Crippen molar-refractivity contribution in [3.63, 3.8) is 0 Å². The van der Waals surface area contributed by atoms with Gasteiger partial charge in [-0.3, -0.25) is 13.8 Å². The Kier molecular flexibility index (Phi) is 12.5. The van der Waals surface area contributed by atoms with Crippen LogP contribution >= 0.6 is 0 Å². The molecule has 4 atom stereocenters. The third-order valence-corrected chi connectivity index (χ3v) is 9.17. The first-order valence-electron chi connectivity index (χ1n) is 15.1. The van der Waals surface area contributed by atoms with Gasteiger partial charge in [-0.05, 0) is 78.8 Å². The summed E-state index contributed by atoms with van der Waals surface area (Å²) in [7, 11) is -1.06. The molecule has 42 heavy (non-hydrogen) atoms. The zero-order chi connectivity index (χ0) is 30.9. The van der Waals surface area contributed by atoms with Gasteiger partial charge in [0.2, 0.25) is 5.91 Å². The van der Waals surface area contributed by atoms with E-state index in [4.69, 9.17) is 4.74 Å². The highest BCUT2D eigenvalue weighted by molar-refractivity contribution is 7.84. The molecular formula is C34H45F2NO4S. The van der Waals surface area contributed by atoms with Crippen LogP contribution in [0.5, 0.6) is 11.5 Å². The van der Waals surface area contributed by atoms with E-state index in [1.54, 1.807) is 18.4 Å². The monoisotopic (exact) mass is 601 g/mol. The Morgan fingerprint density at radius 3 is 2.40 bits per heavy atom. The fourth-order valence-corrected chi connectivity index (χ4v) is 6.21. The molecule has 0 aliphatic carbocycles. The van der Waals surface area contributed by atoms with Gasteiger partial charge in [0.15, 0.2) is 5.78 Å². The van der Waals surface area contributed by atoms with Gasteiger partial charge in [0.05, 0.1) is 6.04 Å². The number of ether oxygens (including phenoxy) is 1. The first-order valence-corrected chi connectivity index (χ1v) is 16.8. The van der Waals surface area contributed by atoms with Crippen LogP contribution in [0.3, 0.4) is 0 Å². The number of fused-ring (bicyclic) bond motifs is 1. The lowest BCUT2D eigenvalue weighted by Crippen LogP contribution is -2.43. The second-order valence-electron chi connectivity index (χ2n) is 11.3. The average molecular weight is 602 g/mol. The Bertz CT molecular complexity index is 1250. The maximum atomic E-state index is 14.1. The van der Waals surface area contributed by atoms with Crippen molar-refractivity contribution in [3.05, 3.63) is 71.8 Å². The van der Waals surface area contributed by atoms with Crippen LogP contribution in [0, 0.1) is 11.8 Å². The van der Waals surface area contributed by atoms with Crippen molar-refractivity contribution in [3.8, 4) is 11.5 Å². The number of unbranched alkanes of at least 4 members (excludes halogenated alkanes) is 1. The predicted molar refractivity (Wildman–Crippen MR) is 165 cm³/mol. The summed E-state index contributed by atoms with van der Waals surface area (Å²) >= 11 is 0. The average Bonchev–Trinajstić information content (AvgIpc) is 2.99. The van der Waals surface area contributed by atoms with E-state index < -0.39 is 16.7 Å². The minimum absolute atomic E-state index is 0.00302. The molecule has 2 aromatic carbocycles. The quantitative estimate of drug-likeness (QED) is 0.144. The molecule has 1 aliphatic heterocycles. The predicted octanol–water partition coefficient (Wildman–Crippen LogP) is 8.15. The minimum atomic E-state index is -2.88. The molecule has 0 aromatic heterocycles. The first kappa shape index (κ1) is 33.6. The molecule has 1 heterocycles. The number of ketones is 1. The molecule has 3 rings (SSSR count). The van der Waals surface area contributed by atoms with Gasteiger partial charge in [0, 0.05) is 53.7 Å². The van der Waals surface area contributed by atoms with E-state index in [2.05, 4.69) is 13.5 Å². The van der Waals surface area contributed by atoms with Gasteiger partial charge in [0.1, 0.15) is 11.5 Å². The number of rotatable bonds is 16. The van der Waals surface area contributed by atoms with Crippen molar-refractivity contribution in [1.82, 2.24) is 4.90 Å². The Morgan fingerprint density at radius 2 is 1.79 bits per heavy atom. The van der Waals surface area contributed by atoms with Crippen LogP contribution in [0.4, 0.5) is 8.78 Å². The van der Waals surface area contributed by atoms with Crippen molar-refractivity contribution in [2.45, 2.75) is 84.1 Å². The highest BCUT2D eigenvalue weighted by Gasteiger charge is 2.36. The van der Waals surface area contributed by atoms with Gasteiger partial charge in [-0.15, -0.1) is 0 Å². The van der Waals surface area contributed by atoms with Gasteiger partial charge in [0.25, 0.3) is 5.92 Å². The summed E-state index contributed by atoms with van der Waals surface area (Å²) in [6.45, 7) is 9.71. The van der Waals surface area contributed by atoms with Crippen molar-refractivity contribution in [2.75, 3.05) is 18.6 Å². The number of hydrogen-bond donors (Lipinski definition) is 0. The molecule has 0 saturated carbocycles. The number of nitrogens with zero attached hydrogens (tertiary/aromatic N) is 1. The number of carbonyl (C=O) groups is 2. The number of alkyl halides is 2. The van der Waals surface area contributed by atoms with E-state index in [1.807, 2.05) is 30.0 Å². The Hall–Kier alpha value is -2.87. The molecule has 0 bridgehead atoms. The number of benzene rings is 2. The Morgan fingerprint density at radius 1 is 1.12 bits per heavy atom. The molecule has 0 fully saturated rings. The van der Waals surface area contributed by atoms with Crippen LogP contribution < -0.4 is 4.74 Å². The molecule has 2 unspecified atom stereocenters. The van der Waals surface area contributed by atoms with Crippen LogP contribution in [0.2, 0.25) is 0 Å². The van der Waals surface area contributed by atoms with Gasteiger partial charge in [-0.2, -0.15) is 0 Å². The molecule has 8 heteroatoms. The Labute approximate surface area is 252 Å². The second-order valence-corrected chi connectivity index (χ2v) is 12.9. The minimum Gasteiger partial charge on any atom is -0.457 e. The van der Waals surface area contributed by atoms with Crippen molar-refractivity contribution in [1.29, 1.82) is 0 Å². The van der Waals surface area contributed by atoms with Gasteiger partial charge < -0.3 is 9.64 Å². The zero-order valence-corrected chi connectivity index (χ0v) is 26.2. The van der Waals surface area contributed by atoms with Gasteiger partial charge >= 0.3 is 0 Å². The molecule has 0 saturated heterocycles. The summed E-state index contributed by atoms with van der Waals surface area (Å²) in [6.07, 6.45) is 8.10. The summed E-state index contributed by atoms with van der Waals surface area (Å²) in [5.74, 6) is -1.29. The van der Waals surface area contributed by atoms with Crippen molar-refractivity contribution < 1.29 is 27.3 Å². The standard InChI is InChI=1S/C34H45F2NO4S/c1-6-25(12-10-9-11-24(4)31(38)7-2)33-30-23-29(41-28-17-14-27(15-18-28)34(35,36)8-3)16-13-26(30)19-21-37(33)32(39)20-22-42(5)40/h7,13-18,23-25,33H,2,6,8-12,19-22H2,1,3-5H3/t24?,25-,33+,42?/m1/s1. The molecule has 1 amide bonds. The molecule has 230 valence electrons. The number of allylic oxidation sites excluding steroid dienone is 1. The van der Waals surface area contributed by atoms with Gasteiger partial charge in [-0.25, -0.2) is 8.78 Å². The summed E-state index contributed by atoms with van der Waals surface area (Å²) < 4.78 is 46.0. The van der Waals surface area contributed by atoms with E-state index in [9.17, 15) is 22.6 Å². The van der Waals surface area contributed by atoms with Crippen LogP contribution in [0.1, 0.15) is 88.4 Å². The lowest BCUT2D eigenvalue weighted by atomic mass is 9.80. The second kappa shape index (κ2) is 15.6. The van der Waals surface area contributed by atoms with E-state index >= 15 is 0 Å². The topological polar surface area (TPSA) is 63.7 Å². The summed E-state index contributed by atoms with van der Waals surface area (Å²) in [6, 6.07) is 11.7. The highest BCUT2D eigenvalue weighted by atomic mass is 32.2. The normalized spacial score (nSPS) is 17.2. The maximum absolute atomic E-state index is 14.1. The smallest absolute Gasteiger partial charge is 0.273 e. The number of halogens is 2. The SMILES string of the molecule is C=CC(=O)C(C)CCCC[C@@H](CC)[C@H]1c2cc(Oc3ccc(C(F)(F)CC)cc3)ccc2CCN1C(=O)CCS(C)=O. The van der Waals surface area contributed by atoms with Crippen LogP contribution in [-0.4, -0.2) is 39.4 Å². The molecule has 1 aliphatic rings. The van der Waals surface area contributed by atoms with Crippen LogP contribution in [0.15, 0.2) is 55.1 Å². The number of amides is 1.